The average molecular weight is 212 g/mol. The summed E-state index contributed by atoms with van der Waals surface area (Å²) in [5.41, 5.74) is 0. The molecule has 0 aliphatic carbocycles. The molecule has 1 fully saturated rings. The fourth-order valence-corrected chi connectivity index (χ4v) is 1.98. The largest absolute Gasteiger partial charge is 0.345 e. The molecular weight excluding hydrogens is 192 g/mol. The van der Waals surface area contributed by atoms with E-state index in [1.807, 2.05) is 4.90 Å². The molecule has 1 atom stereocenters. The molecule has 0 aromatic rings. The van der Waals surface area contributed by atoms with Gasteiger partial charge in [0.1, 0.15) is 6.04 Å². The van der Waals surface area contributed by atoms with Gasteiger partial charge in [0.15, 0.2) is 0 Å². The Labute approximate surface area is 91.0 Å². The summed E-state index contributed by atoms with van der Waals surface area (Å²) in [5.74, 6) is -0.0313. The zero-order chi connectivity index (χ0) is 11.3. The number of nitrogens with one attached hydrogen (secondary N) is 1. The van der Waals surface area contributed by atoms with Crippen molar-refractivity contribution in [2.75, 3.05) is 13.1 Å². The van der Waals surface area contributed by atoms with Crippen molar-refractivity contribution in [3.63, 3.8) is 0 Å². The lowest BCUT2D eigenvalue weighted by Gasteiger charge is -2.23. The first-order chi connectivity index (χ1) is 7.15. The van der Waals surface area contributed by atoms with Gasteiger partial charge in [0, 0.05) is 20.0 Å². The summed E-state index contributed by atoms with van der Waals surface area (Å²) in [6.07, 6.45) is 3.80. The average Bonchev–Trinajstić information content (AvgIpc) is 2.33. The van der Waals surface area contributed by atoms with Crippen LogP contribution in [0.3, 0.4) is 0 Å². The summed E-state index contributed by atoms with van der Waals surface area (Å²) in [7, 11) is 0. The van der Waals surface area contributed by atoms with E-state index in [-0.39, 0.29) is 17.9 Å². The molecule has 1 saturated heterocycles. The van der Waals surface area contributed by atoms with Crippen LogP contribution in [-0.2, 0) is 9.59 Å². The van der Waals surface area contributed by atoms with Crippen molar-refractivity contribution in [3.8, 4) is 0 Å². The number of rotatable bonds is 3. The molecule has 1 unspecified atom stereocenters. The molecule has 0 spiro atoms. The van der Waals surface area contributed by atoms with Gasteiger partial charge in [-0.05, 0) is 25.7 Å². The van der Waals surface area contributed by atoms with Crippen LogP contribution < -0.4 is 5.32 Å². The van der Waals surface area contributed by atoms with Crippen molar-refractivity contribution < 1.29 is 9.59 Å². The van der Waals surface area contributed by atoms with Crippen molar-refractivity contribution in [1.29, 1.82) is 0 Å². The number of hydrogen-bond acceptors (Lipinski definition) is 2. The molecule has 1 heterocycles. The van der Waals surface area contributed by atoms with E-state index >= 15 is 0 Å². The number of likely N-dealkylation sites (tertiary alicyclic amines) is 1. The minimum atomic E-state index is -0.295. The van der Waals surface area contributed by atoms with E-state index < -0.39 is 0 Å². The van der Waals surface area contributed by atoms with E-state index in [4.69, 9.17) is 0 Å². The van der Waals surface area contributed by atoms with Crippen molar-refractivity contribution >= 4 is 11.8 Å². The highest BCUT2D eigenvalue weighted by atomic mass is 16.2. The quantitative estimate of drug-likeness (QED) is 0.756. The topological polar surface area (TPSA) is 49.4 Å². The van der Waals surface area contributed by atoms with E-state index in [9.17, 15) is 9.59 Å². The van der Waals surface area contributed by atoms with E-state index in [1.165, 1.54) is 6.92 Å². The Balaban J connectivity index is 2.61. The molecule has 0 aromatic heterocycles. The van der Waals surface area contributed by atoms with Gasteiger partial charge >= 0.3 is 0 Å². The number of carbonyl (C=O) groups is 2. The van der Waals surface area contributed by atoms with Gasteiger partial charge in [-0.25, -0.2) is 0 Å². The van der Waals surface area contributed by atoms with Crippen LogP contribution in [-0.4, -0.2) is 35.8 Å². The second-order valence-corrected chi connectivity index (χ2v) is 4.07. The smallest absolute Gasteiger partial charge is 0.245 e. The van der Waals surface area contributed by atoms with Gasteiger partial charge in [0.2, 0.25) is 11.8 Å². The van der Waals surface area contributed by atoms with Crippen molar-refractivity contribution in [3.05, 3.63) is 0 Å². The predicted octanol–water partition coefficient (Wildman–Crippen LogP) is 0.914. The SMILES string of the molecule is CCCN1CCCCC(NC(C)=O)C1=O. The first kappa shape index (κ1) is 12.0. The maximum atomic E-state index is 12.0. The lowest BCUT2D eigenvalue weighted by molar-refractivity contribution is -0.135. The van der Waals surface area contributed by atoms with E-state index in [0.717, 1.165) is 38.8 Å². The fourth-order valence-electron chi connectivity index (χ4n) is 1.98. The first-order valence-corrected chi connectivity index (χ1v) is 5.71. The van der Waals surface area contributed by atoms with Crippen molar-refractivity contribution in [2.24, 2.45) is 0 Å². The molecule has 0 bridgehead atoms. The second kappa shape index (κ2) is 5.73. The molecular formula is C11H20N2O2. The molecule has 0 aromatic carbocycles. The zero-order valence-electron chi connectivity index (χ0n) is 9.58. The van der Waals surface area contributed by atoms with E-state index in [0.29, 0.717) is 0 Å². The van der Waals surface area contributed by atoms with Crippen LogP contribution in [0.1, 0.15) is 39.5 Å². The Bertz CT molecular complexity index is 241. The molecule has 15 heavy (non-hydrogen) atoms. The van der Waals surface area contributed by atoms with Crippen molar-refractivity contribution in [1.82, 2.24) is 10.2 Å². The van der Waals surface area contributed by atoms with Gasteiger partial charge in [0.25, 0.3) is 0 Å². The second-order valence-electron chi connectivity index (χ2n) is 4.07. The Kier molecular flexibility index (Phi) is 4.59. The van der Waals surface area contributed by atoms with E-state index in [2.05, 4.69) is 12.2 Å². The van der Waals surface area contributed by atoms with Crippen molar-refractivity contribution in [2.45, 2.75) is 45.6 Å². The number of carbonyl (C=O) groups excluding carboxylic acids is 2. The monoisotopic (exact) mass is 212 g/mol. The summed E-state index contributed by atoms with van der Waals surface area (Å²) in [4.78, 5) is 24.8. The van der Waals surface area contributed by atoms with Crippen LogP contribution in [0.25, 0.3) is 0 Å². The molecule has 4 heteroatoms. The Morgan fingerprint density at radius 2 is 2.27 bits per heavy atom. The number of nitrogens with zero attached hydrogens (tertiary/aromatic N) is 1. The van der Waals surface area contributed by atoms with Gasteiger partial charge in [-0.1, -0.05) is 6.92 Å². The van der Waals surface area contributed by atoms with E-state index in [1.54, 1.807) is 0 Å². The van der Waals surface area contributed by atoms with Gasteiger partial charge in [-0.2, -0.15) is 0 Å². The fraction of sp³-hybridized carbons (Fsp3) is 0.818. The van der Waals surface area contributed by atoms with Crippen LogP contribution >= 0.6 is 0 Å². The first-order valence-electron chi connectivity index (χ1n) is 5.71. The van der Waals surface area contributed by atoms with Crippen LogP contribution in [0, 0.1) is 0 Å². The summed E-state index contributed by atoms with van der Waals surface area (Å²) < 4.78 is 0. The lowest BCUT2D eigenvalue weighted by Crippen LogP contribution is -2.47. The molecule has 86 valence electrons. The highest BCUT2D eigenvalue weighted by molar-refractivity contribution is 5.87. The van der Waals surface area contributed by atoms with Crippen LogP contribution in [0.5, 0.6) is 0 Å². The van der Waals surface area contributed by atoms with Crippen LogP contribution in [0.15, 0.2) is 0 Å². The number of hydrogen-bond donors (Lipinski definition) is 1. The lowest BCUT2D eigenvalue weighted by atomic mass is 10.1. The van der Waals surface area contributed by atoms with Crippen LogP contribution in [0.4, 0.5) is 0 Å². The van der Waals surface area contributed by atoms with Gasteiger partial charge in [0.05, 0.1) is 0 Å². The third-order valence-corrected chi connectivity index (χ3v) is 2.65. The molecule has 0 radical (unpaired) electrons. The van der Waals surface area contributed by atoms with Gasteiger partial charge in [-0.3, -0.25) is 9.59 Å². The van der Waals surface area contributed by atoms with Gasteiger partial charge < -0.3 is 10.2 Å². The summed E-state index contributed by atoms with van der Waals surface area (Å²) in [6, 6.07) is -0.295. The van der Waals surface area contributed by atoms with Crippen LogP contribution in [0.2, 0.25) is 0 Å². The third kappa shape index (κ3) is 3.53. The molecule has 1 N–H and O–H groups in total. The Morgan fingerprint density at radius 1 is 1.53 bits per heavy atom. The predicted molar refractivity (Wildman–Crippen MR) is 58.3 cm³/mol. The zero-order valence-corrected chi connectivity index (χ0v) is 9.58. The highest BCUT2D eigenvalue weighted by Crippen LogP contribution is 2.12. The maximum Gasteiger partial charge on any atom is 0.245 e. The Hall–Kier alpha value is -1.06. The highest BCUT2D eigenvalue weighted by Gasteiger charge is 2.26. The minimum Gasteiger partial charge on any atom is -0.345 e. The summed E-state index contributed by atoms with van der Waals surface area (Å²) >= 11 is 0. The molecule has 1 aliphatic heterocycles. The molecule has 1 rings (SSSR count). The number of amides is 2. The molecule has 2 amide bonds. The normalized spacial score (nSPS) is 22.4. The van der Waals surface area contributed by atoms with Gasteiger partial charge in [-0.15, -0.1) is 0 Å². The third-order valence-electron chi connectivity index (χ3n) is 2.65. The standard InChI is InChI=1S/C11H20N2O2/c1-3-7-13-8-5-4-6-10(11(13)15)12-9(2)14/h10H,3-8H2,1-2H3,(H,12,14). The summed E-state index contributed by atoms with van der Waals surface area (Å²) in [6.45, 7) is 5.16. The molecule has 4 nitrogen and oxygen atoms in total. The molecule has 1 aliphatic rings. The summed E-state index contributed by atoms with van der Waals surface area (Å²) in [5, 5.41) is 2.73. The molecule has 0 saturated carbocycles. The Morgan fingerprint density at radius 3 is 2.87 bits per heavy atom. The maximum absolute atomic E-state index is 12.0. The minimum absolute atomic E-state index is 0.0875.